The van der Waals surface area contributed by atoms with E-state index in [-0.39, 0.29) is 5.91 Å². The Labute approximate surface area is 175 Å². The lowest BCUT2D eigenvalue weighted by Gasteiger charge is -2.08. The fraction of sp³-hybridized carbons (Fsp3) is 0.125. The third-order valence-electron chi connectivity index (χ3n) is 4.75. The van der Waals surface area contributed by atoms with Gasteiger partial charge < -0.3 is 10.1 Å². The first-order valence-electron chi connectivity index (χ1n) is 9.64. The summed E-state index contributed by atoms with van der Waals surface area (Å²) in [6, 6.07) is 21.4. The van der Waals surface area contributed by atoms with Crippen LogP contribution in [0.3, 0.4) is 0 Å². The number of para-hydroxylation sites is 1. The van der Waals surface area contributed by atoms with E-state index in [1.165, 1.54) is 0 Å². The predicted octanol–water partition coefficient (Wildman–Crippen LogP) is 4.18. The van der Waals surface area contributed by atoms with Gasteiger partial charge in [0.1, 0.15) is 5.69 Å². The van der Waals surface area contributed by atoms with E-state index in [1.807, 2.05) is 73.7 Å². The molecule has 150 valence electrons. The monoisotopic (exact) mass is 398 g/mol. The molecule has 1 amide bonds. The van der Waals surface area contributed by atoms with E-state index >= 15 is 0 Å². The molecule has 0 unspecified atom stereocenters. The smallest absolute Gasteiger partial charge is 0.255 e. The highest BCUT2D eigenvalue weighted by Crippen LogP contribution is 2.25. The molecule has 4 aromatic rings. The molecule has 0 fully saturated rings. The van der Waals surface area contributed by atoms with Crippen molar-refractivity contribution in [3.8, 4) is 22.8 Å². The number of nitrogens with one attached hydrogen (secondary N) is 1. The van der Waals surface area contributed by atoms with Crippen LogP contribution in [0, 0.1) is 6.92 Å². The number of ether oxygens (including phenoxy) is 1. The summed E-state index contributed by atoms with van der Waals surface area (Å²) in [5.74, 6) is 0.288. The minimum atomic E-state index is -0.209. The van der Waals surface area contributed by atoms with Gasteiger partial charge in [-0.15, -0.1) is 0 Å². The van der Waals surface area contributed by atoms with Crippen molar-refractivity contribution in [2.45, 2.75) is 13.5 Å². The van der Waals surface area contributed by atoms with Crippen LogP contribution < -0.4 is 10.1 Å². The van der Waals surface area contributed by atoms with Gasteiger partial charge in [-0.1, -0.05) is 48.0 Å². The molecule has 0 spiro atoms. The number of hydrogen-bond donors (Lipinski definition) is 1. The second-order valence-electron chi connectivity index (χ2n) is 6.90. The number of methoxy groups -OCH3 is 1. The van der Waals surface area contributed by atoms with Gasteiger partial charge in [0.05, 0.1) is 18.4 Å². The first-order valence-corrected chi connectivity index (χ1v) is 9.64. The number of amides is 1. The van der Waals surface area contributed by atoms with Crippen LogP contribution >= 0.6 is 0 Å². The summed E-state index contributed by atoms with van der Waals surface area (Å²) in [4.78, 5) is 17.3. The Morgan fingerprint density at radius 3 is 2.67 bits per heavy atom. The van der Waals surface area contributed by atoms with Crippen LogP contribution in [0.4, 0.5) is 0 Å². The molecule has 0 saturated heterocycles. The fourth-order valence-electron chi connectivity index (χ4n) is 3.27. The van der Waals surface area contributed by atoms with E-state index < -0.39 is 0 Å². The Morgan fingerprint density at radius 2 is 1.90 bits per heavy atom. The van der Waals surface area contributed by atoms with Gasteiger partial charge in [0.15, 0.2) is 0 Å². The van der Waals surface area contributed by atoms with Crippen LogP contribution in [0.25, 0.3) is 16.9 Å². The number of aromatic nitrogens is 3. The molecule has 0 radical (unpaired) electrons. The minimum Gasteiger partial charge on any atom is -0.481 e. The summed E-state index contributed by atoms with van der Waals surface area (Å²) in [5.41, 5.74) is 4.84. The standard InChI is InChI=1S/C24H22N4O2/c1-17-8-6-9-18(14-17)22-21(16-28(27-22)20-11-4-3-5-12-20)23(29)26-15-19-10-7-13-25-24(19)30-2/h3-14,16H,15H2,1-2H3,(H,26,29). The van der Waals surface area contributed by atoms with E-state index in [1.54, 1.807) is 24.2 Å². The number of rotatable bonds is 6. The maximum Gasteiger partial charge on any atom is 0.255 e. The molecule has 0 aliphatic heterocycles. The highest BCUT2D eigenvalue weighted by atomic mass is 16.5. The number of pyridine rings is 1. The SMILES string of the molecule is COc1ncccc1CNC(=O)c1cn(-c2ccccc2)nc1-c1cccc(C)c1. The third kappa shape index (κ3) is 4.07. The van der Waals surface area contributed by atoms with Gasteiger partial charge in [-0.2, -0.15) is 5.10 Å². The summed E-state index contributed by atoms with van der Waals surface area (Å²) in [6.07, 6.45) is 3.42. The number of hydrogen-bond acceptors (Lipinski definition) is 4. The van der Waals surface area contributed by atoms with Crippen LogP contribution in [0.1, 0.15) is 21.5 Å². The Bertz CT molecular complexity index is 1170. The summed E-state index contributed by atoms with van der Waals surface area (Å²) in [6.45, 7) is 2.33. The van der Waals surface area contributed by atoms with Crippen molar-refractivity contribution in [3.63, 3.8) is 0 Å². The Hall–Kier alpha value is -3.93. The number of carbonyl (C=O) groups excluding carboxylic acids is 1. The Balaban J connectivity index is 1.68. The molecule has 0 saturated carbocycles. The molecule has 0 aliphatic carbocycles. The van der Waals surface area contributed by atoms with Gasteiger partial charge in [-0.25, -0.2) is 9.67 Å². The molecule has 0 bridgehead atoms. The lowest BCUT2D eigenvalue weighted by atomic mass is 10.1. The summed E-state index contributed by atoms with van der Waals surface area (Å²) in [7, 11) is 1.56. The largest absolute Gasteiger partial charge is 0.481 e. The predicted molar refractivity (Wildman–Crippen MR) is 116 cm³/mol. The van der Waals surface area contributed by atoms with Gasteiger partial charge in [-0.3, -0.25) is 4.79 Å². The van der Waals surface area contributed by atoms with Crippen LogP contribution in [0.15, 0.2) is 79.1 Å². The van der Waals surface area contributed by atoms with Crippen LogP contribution in [0.2, 0.25) is 0 Å². The second-order valence-corrected chi connectivity index (χ2v) is 6.90. The molecular weight excluding hydrogens is 376 g/mol. The van der Waals surface area contributed by atoms with Crippen molar-refractivity contribution in [1.29, 1.82) is 0 Å². The zero-order valence-electron chi connectivity index (χ0n) is 16.9. The molecule has 2 aromatic heterocycles. The molecular formula is C24H22N4O2. The van der Waals surface area contributed by atoms with Gasteiger partial charge in [0, 0.05) is 30.1 Å². The molecule has 4 rings (SSSR count). The van der Waals surface area contributed by atoms with E-state index in [4.69, 9.17) is 9.84 Å². The second kappa shape index (κ2) is 8.61. The Kier molecular flexibility index (Phi) is 5.57. The van der Waals surface area contributed by atoms with Gasteiger partial charge >= 0.3 is 0 Å². The van der Waals surface area contributed by atoms with Crippen LogP contribution in [-0.4, -0.2) is 27.8 Å². The molecule has 0 aliphatic rings. The minimum absolute atomic E-state index is 0.209. The molecule has 0 atom stereocenters. The molecule has 2 heterocycles. The normalized spacial score (nSPS) is 10.6. The van der Waals surface area contributed by atoms with Gasteiger partial charge in [0.2, 0.25) is 5.88 Å². The first kappa shape index (κ1) is 19.4. The quantitative estimate of drug-likeness (QED) is 0.529. The number of nitrogens with zero attached hydrogens (tertiary/aromatic N) is 3. The molecule has 2 aromatic carbocycles. The maximum atomic E-state index is 13.1. The van der Waals surface area contributed by atoms with Crippen molar-refractivity contribution in [1.82, 2.24) is 20.1 Å². The van der Waals surface area contributed by atoms with E-state index in [0.717, 1.165) is 22.4 Å². The van der Waals surface area contributed by atoms with E-state index in [9.17, 15) is 4.79 Å². The van der Waals surface area contributed by atoms with Crippen molar-refractivity contribution in [2.75, 3.05) is 7.11 Å². The lowest BCUT2D eigenvalue weighted by Crippen LogP contribution is -2.23. The fourth-order valence-corrected chi connectivity index (χ4v) is 3.27. The van der Waals surface area contributed by atoms with E-state index in [2.05, 4.69) is 10.3 Å². The molecule has 1 N–H and O–H groups in total. The number of aryl methyl sites for hydroxylation is 1. The van der Waals surface area contributed by atoms with Crippen molar-refractivity contribution in [2.24, 2.45) is 0 Å². The van der Waals surface area contributed by atoms with Crippen LogP contribution in [-0.2, 0) is 6.54 Å². The van der Waals surface area contributed by atoms with Gasteiger partial charge in [-0.05, 0) is 31.2 Å². The summed E-state index contributed by atoms with van der Waals surface area (Å²) in [5, 5.41) is 7.69. The zero-order valence-corrected chi connectivity index (χ0v) is 16.9. The average molecular weight is 398 g/mol. The van der Waals surface area contributed by atoms with Crippen molar-refractivity contribution >= 4 is 5.91 Å². The number of carbonyl (C=O) groups is 1. The Morgan fingerprint density at radius 1 is 1.07 bits per heavy atom. The highest BCUT2D eigenvalue weighted by Gasteiger charge is 2.19. The number of benzene rings is 2. The van der Waals surface area contributed by atoms with Gasteiger partial charge in [0.25, 0.3) is 5.91 Å². The average Bonchev–Trinajstić information content (AvgIpc) is 3.24. The van der Waals surface area contributed by atoms with Crippen LogP contribution in [0.5, 0.6) is 5.88 Å². The zero-order chi connectivity index (χ0) is 20.9. The summed E-state index contributed by atoms with van der Waals surface area (Å²) >= 11 is 0. The molecule has 30 heavy (non-hydrogen) atoms. The first-order chi connectivity index (χ1) is 14.7. The van der Waals surface area contributed by atoms with Crippen molar-refractivity contribution < 1.29 is 9.53 Å². The third-order valence-corrected chi connectivity index (χ3v) is 4.75. The summed E-state index contributed by atoms with van der Waals surface area (Å²) < 4.78 is 7.01. The molecule has 6 heteroatoms. The maximum absolute atomic E-state index is 13.1. The highest BCUT2D eigenvalue weighted by molar-refractivity contribution is 6.00. The van der Waals surface area contributed by atoms with E-state index in [0.29, 0.717) is 23.7 Å². The van der Waals surface area contributed by atoms with Crippen molar-refractivity contribution in [3.05, 3.63) is 95.8 Å². The lowest BCUT2D eigenvalue weighted by molar-refractivity contribution is 0.0951. The topological polar surface area (TPSA) is 69.0 Å². The molecule has 6 nitrogen and oxygen atoms in total.